The first kappa shape index (κ1) is 27.4. The fraction of sp³-hybridized carbons (Fsp3) is 0.424. The molecule has 8 heteroatoms. The number of rotatable bonds is 6. The average molecular weight is 554 g/mol. The molecule has 2 fully saturated rings. The number of fused-ring (bicyclic) bond motifs is 1. The Kier molecular flexibility index (Phi) is 7.53. The van der Waals surface area contributed by atoms with E-state index in [1.807, 2.05) is 28.8 Å². The largest absolute Gasteiger partial charge is 0.388 e. The maximum atomic E-state index is 14.0. The first-order valence-corrected chi connectivity index (χ1v) is 14.6. The first-order chi connectivity index (χ1) is 19.8. The molecule has 0 unspecified atom stereocenters. The standard InChI is InChI=1S/C33H39N5O3/c1-24-7-6-8-25(19-24)20-36-16-12-27(29(21-36)26-9-4-3-5-10-26)31(39)37-17-13-33(41,14-18-37)22-38-23-34-30-28(32(38)40)11-15-35(30)2/h3-11,15,19,23,27,29,41H,12-14,16-18,20-22H2,1-2H3/t27-,29+/m1/s1. The highest BCUT2D eigenvalue weighted by Crippen LogP contribution is 2.36. The lowest BCUT2D eigenvalue weighted by atomic mass is 9.79. The van der Waals surface area contributed by atoms with Crippen LogP contribution in [-0.2, 0) is 24.9 Å². The van der Waals surface area contributed by atoms with Crippen LogP contribution in [0.2, 0.25) is 0 Å². The van der Waals surface area contributed by atoms with Gasteiger partial charge in [0.25, 0.3) is 5.56 Å². The van der Waals surface area contributed by atoms with E-state index in [4.69, 9.17) is 0 Å². The second kappa shape index (κ2) is 11.3. The van der Waals surface area contributed by atoms with Gasteiger partial charge in [0.15, 0.2) is 0 Å². The molecule has 0 radical (unpaired) electrons. The molecular weight excluding hydrogens is 514 g/mol. The zero-order valence-electron chi connectivity index (χ0n) is 23.9. The summed E-state index contributed by atoms with van der Waals surface area (Å²) < 4.78 is 3.32. The third-order valence-corrected chi connectivity index (χ3v) is 9.05. The van der Waals surface area contributed by atoms with Crippen LogP contribution < -0.4 is 5.56 Å². The van der Waals surface area contributed by atoms with Crippen LogP contribution in [0.15, 0.2) is 78.0 Å². The van der Waals surface area contributed by atoms with Crippen LogP contribution in [0.1, 0.15) is 41.9 Å². The van der Waals surface area contributed by atoms with Gasteiger partial charge in [-0.3, -0.25) is 19.1 Å². The summed E-state index contributed by atoms with van der Waals surface area (Å²) in [6, 6.07) is 20.8. The van der Waals surface area contributed by atoms with Gasteiger partial charge in [0.05, 0.1) is 17.5 Å². The summed E-state index contributed by atoms with van der Waals surface area (Å²) in [5.41, 5.74) is 3.20. The molecule has 0 bridgehead atoms. The lowest BCUT2D eigenvalue weighted by Crippen LogP contribution is -2.53. The van der Waals surface area contributed by atoms with Crippen molar-refractivity contribution in [3.8, 4) is 0 Å². The van der Waals surface area contributed by atoms with Gasteiger partial charge in [-0.05, 0) is 49.9 Å². The molecule has 0 aliphatic carbocycles. The van der Waals surface area contributed by atoms with Crippen LogP contribution in [0.4, 0.5) is 0 Å². The third-order valence-electron chi connectivity index (χ3n) is 9.05. The lowest BCUT2D eigenvalue weighted by Gasteiger charge is -2.43. The maximum absolute atomic E-state index is 14.0. The molecule has 0 spiro atoms. The average Bonchev–Trinajstić information content (AvgIpc) is 3.36. The number of nitrogens with zero attached hydrogens (tertiary/aromatic N) is 5. The Morgan fingerprint density at radius 3 is 2.59 bits per heavy atom. The summed E-state index contributed by atoms with van der Waals surface area (Å²) in [6.45, 7) is 5.86. The number of hydrogen-bond donors (Lipinski definition) is 1. The number of amides is 1. The molecule has 2 saturated heterocycles. The minimum atomic E-state index is -1.05. The van der Waals surface area contributed by atoms with E-state index >= 15 is 0 Å². The second-order valence-corrected chi connectivity index (χ2v) is 12.0. The molecule has 6 rings (SSSR count). The first-order valence-electron chi connectivity index (χ1n) is 14.6. The van der Waals surface area contributed by atoms with Gasteiger partial charge in [-0.1, -0.05) is 60.2 Å². The second-order valence-electron chi connectivity index (χ2n) is 12.0. The molecule has 214 valence electrons. The lowest BCUT2D eigenvalue weighted by molar-refractivity contribution is -0.142. The summed E-state index contributed by atoms with van der Waals surface area (Å²) in [6.07, 6.45) is 5.01. The van der Waals surface area contributed by atoms with Crippen LogP contribution in [0.5, 0.6) is 0 Å². The predicted molar refractivity (Wildman–Crippen MR) is 159 cm³/mol. The minimum absolute atomic E-state index is 0.0929. The van der Waals surface area contributed by atoms with Crippen molar-refractivity contribution in [1.29, 1.82) is 0 Å². The fourth-order valence-electron chi connectivity index (χ4n) is 6.71. The van der Waals surface area contributed by atoms with Gasteiger partial charge < -0.3 is 14.6 Å². The molecular formula is C33H39N5O3. The summed E-state index contributed by atoms with van der Waals surface area (Å²) in [4.78, 5) is 35.8. The van der Waals surface area contributed by atoms with Crippen molar-refractivity contribution in [2.45, 2.75) is 50.8 Å². The molecule has 4 aromatic rings. The van der Waals surface area contributed by atoms with Crippen molar-refractivity contribution in [3.63, 3.8) is 0 Å². The Labute approximate surface area is 240 Å². The van der Waals surface area contributed by atoms with Gasteiger partial charge in [-0.15, -0.1) is 0 Å². The molecule has 1 amide bonds. The van der Waals surface area contributed by atoms with E-state index in [9.17, 15) is 14.7 Å². The van der Waals surface area contributed by atoms with Crippen LogP contribution >= 0.6 is 0 Å². The number of aliphatic hydroxyl groups is 1. The molecule has 4 heterocycles. The highest BCUT2D eigenvalue weighted by atomic mass is 16.3. The summed E-state index contributed by atoms with van der Waals surface area (Å²) >= 11 is 0. The van der Waals surface area contributed by atoms with Crippen molar-refractivity contribution in [3.05, 3.63) is 100 Å². The summed E-state index contributed by atoms with van der Waals surface area (Å²) in [5, 5.41) is 12.0. The topological polar surface area (TPSA) is 83.6 Å². The molecule has 0 saturated carbocycles. The van der Waals surface area contributed by atoms with Crippen molar-refractivity contribution in [2.24, 2.45) is 13.0 Å². The summed E-state index contributed by atoms with van der Waals surface area (Å²) in [7, 11) is 1.86. The van der Waals surface area contributed by atoms with E-state index < -0.39 is 5.60 Å². The van der Waals surface area contributed by atoms with Gasteiger partial charge in [0, 0.05) is 51.3 Å². The number of aromatic nitrogens is 3. The zero-order chi connectivity index (χ0) is 28.6. The molecule has 2 aliphatic rings. The fourth-order valence-corrected chi connectivity index (χ4v) is 6.71. The molecule has 8 nitrogen and oxygen atoms in total. The van der Waals surface area contributed by atoms with E-state index in [1.165, 1.54) is 27.6 Å². The maximum Gasteiger partial charge on any atom is 0.262 e. The molecule has 1 N–H and O–H groups in total. The molecule has 2 atom stereocenters. The van der Waals surface area contributed by atoms with E-state index in [0.717, 1.165) is 26.1 Å². The Morgan fingerprint density at radius 1 is 1.05 bits per heavy atom. The molecule has 2 aliphatic heterocycles. The quantitative estimate of drug-likeness (QED) is 0.394. The highest BCUT2D eigenvalue weighted by molar-refractivity contribution is 5.80. The molecule has 2 aromatic carbocycles. The number of benzene rings is 2. The zero-order valence-corrected chi connectivity index (χ0v) is 23.9. The number of carbonyl (C=O) groups is 1. The van der Waals surface area contributed by atoms with Crippen molar-refractivity contribution < 1.29 is 9.90 Å². The number of piperidine rings is 2. The number of hydrogen-bond acceptors (Lipinski definition) is 5. The monoisotopic (exact) mass is 553 g/mol. The van der Waals surface area contributed by atoms with Gasteiger partial charge in [-0.25, -0.2) is 4.98 Å². The SMILES string of the molecule is Cc1cccc(CN2CC[C@@H](C(=O)N3CCC(O)(Cn4cnc5c(ccn5C)c4=O)CC3)[C@H](c3ccccc3)C2)c1. The Hall–Kier alpha value is -3.75. The summed E-state index contributed by atoms with van der Waals surface area (Å²) in [5.74, 6) is 0.204. The molecule has 41 heavy (non-hydrogen) atoms. The normalized spacial score (nSPS) is 21.3. The van der Waals surface area contributed by atoms with Crippen molar-refractivity contribution >= 4 is 16.9 Å². The van der Waals surface area contributed by atoms with E-state index in [0.29, 0.717) is 37.0 Å². The van der Waals surface area contributed by atoms with Crippen LogP contribution in [0.25, 0.3) is 11.0 Å². The van der Waals surface area contributed by atoms with E-state index in [2.05, 4.69) is 65.3 Å². The number of carbonyl (C=O) groups excluding carboxylic acids is 1. The molecule has 2 aromatic heterocycles. The van der Waals surface area contributed by atoms with Gasteiger partial charge in [-0.2, -0.15) is 0 Å². The van der Waals surface area contributed by atoms with Crippen molar-refractivity contribution in [1.82, 2.24) is 23.9 Å². The Balaban J connectivity index is 1.13. The third kappa shape index (κ3) is 5.72. The van der Waals surface area contributed by atoms with Gasteiger partial charge in [0.2, 0.25) is 5.91 Å². The smallest absolute Gasteiger partial charge is 0.262 e. The van der Waals surface area contributed by atoms with Crippen LogP contribution in [0, 0.1) is 12.8 Å². The van der Waals surface area contributed by atoms with E-state index in [-0.39, 0.29) is 29.8 Å². The van der Waals surface area contributed by atoms with Crippen LogP contribution in [-0.4, -0.2) is 66.7 Å². The number of likely N-dealkylation sites (tertiary alicyclic amines) is 2. The predicted octanol–water partition coefficient (Wildman–Crippen LogP) is 3.70. The van der Waals surface area contributed by atoms with Gasteiger partial charge in [0.1, 0.15) is 12.0 Å². The highest BCUT2D eigenvalue weighted by Gasteiger charge is 2.40. The van der Waals surface area contributed by atoms with E-state index in [1.54, 1.807) is 6.07 Å². The number of aryl methyl sites for hydroxylation is 2. The van der Waals surface area contributed by atoms with Crippen molar-refractivity contribution in [2.75, 3.05) is 26.2 Å². The van der Waals surface area contributed by atoms with Gasteiger partial charge >= 0.3 is 0 Å². The minimum Gasteiger partial charge on any atom is -0.388 e. The van der Waals surface area contributed by atoms with Crippen LogP contribution in [0.3, 0.4) is 0 Å². The Bertz CT molecular complexity index is 1590. The Morgan fingerprint density at radius 2 is 1.83 bits per heavy atom.